The summed E-state index contributed by atoms with van der Waals surface area (Å²) in [5.74, 6) is 1.26. The second kappa shape index (κ2) is 7.88. The predicted octanol–water partition coefficient (Wildman–Crippen LogP) is 2.31. The molecule has 0 spiro atoms. The van der Waals surface area contributed by atoms with Gasteiger partial charge in [-0.15, -0.1) is 0 Å². The highest BCUT2D eigenvalue weighted by Gasteiger charge is 2.20. The van der Waals surface area contributed by atoms with Gasteiger partial charge in [0.2, 0.25) is 10.0 Å². The number of ether oxygens (including phenoxy) is 2. The van der Waals surface area contributed by atoms with E-state index in [1.54, 1.807) is 38.1 Å². The van der Waals surface area contributed by atoms with Gasteiger partial charge < -0.3 is 9.47 Å². The van der Waals surface area contributed by atoms with E-state index < -0.39 is 10.0 Å². The summed E-state index contributed by atoms with van der Waals surface area (Å²) in [6.07, 6.45) is 2.11. The molecule has 1 N–H and O–H groups in total. The number of hydrogen-bond donors (Lipinski definition) is 1. The number of nitrogens with zero attached hydrogens (tertiary/aromatic N) is 2. The van der Waals surface area contributed by atoms with Crippen LogP contribution in [0.25, 0.3) is 0 Å². The van der Waals surface area contributed by atoms with Crippen molar-refractivity contribution in [3.8, 4) is 11.5 Å². The molecule has 0 saturated heterocycles. The van der Waals surface area contributed by atoms with Crippen molar-refractivity contribution in [2.75, 3.05) is 20.8 Å². The van der Waals surface area contributed by atoms with Crippen molar-refractivity contribution in [1.29, 1.82) is 0 Å². The third kappa shape index (κ3) is 4.52. The van der Waals surface area contributed by atoms with Gasteiger partial charge >= 0.3 is 0 Å². The first kappa shape index (κ1) is 19.3. The van der Waals surface area contributed by atoms with Gasteiger partial charge in [0.1, 0.15) is 4.90 Å². The minimum Gasteiger partial charge on any atom is -0.493 e. The molecular formula is C17H25N3O4S. The van der Waals surface area contributed by atoms with Gasteiger partial charge in [0.15, 0.2) is 11.5 Å². The number of benzene rings is 1. The van der Waals surface area contributed by atoms with Gasteiger partial charge in [-0.25, -0.2) is 13.1 Å². The van der Waals surface area contributed by atoms with Gasteiger partial charge in [-0.2, -0.15) is 5.10 Å². The Kier molecular flexibility index (Phi) is 6.07. The molecule has 7 nitrogen and oxygen atoms in total. The minimum absolute atomic E-state index is 0.106. The van der Waals surface area contributed by atoms with Crippen LogP contribution >= 0.6 is 0 Å². The van der Waals surface area contributed by atoms with Crippen LogP contribution in [0.2, 0.25) is 0 Å². The molecule has 25 heavy (non-hydrogen) atoms. The number of aryl methyl sites for hydroxylation is 1. The van der Waals surface area contributed by atoms with E-state index in [0.717, 1.165) is 5.56 Å². The zero-order chi connectivity index (χ0) is 18.6. The van der Waals surface area contributed by atoms with Gasteiger partial charge in [-0.05, 0) is 44.9 Å². The molecule has 1 aromatic carbocycles. The fraction of sp³-hybridized carbons (Fsp3) is 0.471. The third-order valence-electron chi connectivity index (χ3n) is 3.84. The molecule has 2 rings (SSSR count). The van der Waals surface area contributed by atoms with Crippen LogP contribution in [0.3, 0.4) is 0 Å². The molecule has 1 aromatic heterocycles. The van der Waals surface area contributed by atoms with E-state index in [1.165, 1.54) is 0 Å². The SMILES string of the molecule is COc1ccc(CCNS(=O)(=O)c2cn(C(C)C)nc2C)cc1OC. The highest BCUT2D eigenvalue weighted by molar-refractivity contribution is 7.89. The summed E-state index contributed by atoms with van der Waals surface area (Å²) in [6, 6.07) is 5.64. The first-order valence-electron chi connectivity index (χ1n) is 8.04. The maximum atomic E-state index is 12.5. The molecule has 0 amide bonds. The third-order valence-corrected chi connectivity index (χ3v) is 5.41. The lowest BCUT2D eigenvalue weighted by Crippen LogP contribution is -2.26. The Labute approximate surface area is 149 Å². The van der Waals surface area contributed by atoms with Crippen LogP contribution in [-0.2, 0) is 16.4 Å². The maximum Gasteiger partial charge on any atom is 0.243 e. The smallest absolute Gasteiger partial charge is 0.243 e. The number of aromatic nitrogens is 2. The zero-order valence-corrected chi connectivity index (χ0v) is 16.1. The average molecular weight is 367 g/mol. The van der Waals surface area contributed by atoms with Crippen molar-refractivity contribution in [2.45, 2.75) is 38.1 Å². The minimum atomic E-state index is -3.59. The fourth-order valence-electron chi connectivity index (χ4n) is 2.44. The lowest BCUT2D eigenvalue weighted by atomic mass is 10.1. The molecule has 0 fully saturated rings. The largest absolute Gasteiger partial charge is 0.493 e. The highest BCUT2D eigenvalue weighted by Crippen LogP contribution is 2.27. The fourth-order valence-corrected chi connectivity index (χ4v) is 3.64. The Morgan fingerprint density at radius 3 is 2.44 bits per heavy atom. The molecule has 0 radical (unpaired) electrons. The molecule has 0 saturated carbocycles. The Bertz CT molecular complexity index is 828. The average Bonchev–Trinajstić information content (AvgIpc) is 2.97. The van der Waals surface area contributed by atoms with E-state index >= 15 is 0 Å². The van der Waals surface area contributed by atoms with Crippen LogP contribution in [0.4, 0.5) is 0 Å². The second-order valence-corrected chi connectivity index (χ2v) is 7.73. The van der Waals surface area contributed by atoms with Crippen LogP contribution in [0, 0.1) is 6.92 Å². The van der Waals surface area contributed by atoms with E-state index in [1.807, 2.05) is 26.0 Å². The Hall–Kier alpha value is -2.06. The molecule has 0 atom stereocenters. The lowest BCUT2D eigenvalue weighted by molar-refractivity contribution is 0.354. The van der Waals surface area contributed by atoms with Crippen molar-refractivity contribution < 1.29 is 17.9 Å². The van der Waals surface area contributed by atoms with Crippen molar-refractivity contribution in [2.24, 2.45) is 0 Å². The van der Waals surface area contributed by atoms with E-state index in [9.17, 15) is 8.42 Å². The summed E-state index contributed by atoms with van der Waals surface area (Å²) >= 11 is 0. The van der Waals surface area contributed by atoms with Crippen molar-refractivity contribution >= 4 is 10.0 Å². The molecule has 0 aliphatic rings. The lowest BCUT2D eigenvalue weighted by Gasteiger charge is -2.10. The molecule has 138 valence electrons. The van der Waals surface area contributed by atoms with Gasteiger partial charge in [0, 0.05) is 18.8 Å². The molecule has 8 heteroatoms. The first-order valence-corrected chi connectivity index (χ1v) is 9.53. The molecular weight excluding hydrogens is 342 g/mol. The number of methoxy groups -OCH3 is 2. The quantitative estimate of drug-likeness (QED) is 0.774. The molecule has 1 heterocycles. The predicted molar refractivity (Wildman–Crippen MR) is 95.8 cm³/mol. The van der Waals surface area contributed by atoms with E-state index in [-0.39, 0.29) is 17.5 Å². The van der Waals surface area contributed by atoms with Crippen LogP contribution in [-0.4, -0.2) is 39.0 Å². The topological polar surface area (TPSA) is 82.5 Å². The Morgan fingerprint density at radius 2 is 1.88 bits per heavy atom. The molecule has 0 bridgehead atoms. The normalized spacial score (nSPS) is 11.8. The summed E-state index contributed by atoms with van der Waals surface area (Å²) in [5.41, 5.74) is 1.45. The summed E-state index contributed by atoms with van der Waals surface area (Å²) < 4.78 is 39.7. The maximum absolute atomic E-state index is 12.5. The van der Waals surface area contributed by atoms with Crippen molar-refractivity contribution in [3.63, 3.8) is 0 Å². The number of hydrogen-bond acceptors (Lipinski definition) is 5. The van der Waals surface area contributed by atoms with Gasteiger partial charge in [-0.3, -0.25) is 4.68 Å². The Morgan fingerprint density at radius 1 is 1.20 bits per heavy atom. The van der Waals surface area contributed by atoms with E-state index in [0.29, 0.717) is 23.6 Å². The summed E-state index contributed by atoms with van der Waals surface area (Å²) in [6.45, 7) is 5.88. The molecule has 2 aromatic rings. The number of sulfonamides is 1. The van der Waals surface area contributed by atoms with E-state index in [4.69, 9.17) is 9.47 Å². The van der Waals surface area contributed by atoms with Crippen LogP contribution in [0.1, 0.15) is 31.1 Å². The van der Waals surface area contributed by atoms with Crippen LogP contribution < -0.4 is 14.2 Å². The van der Waals surface area contributed by atoms with Gasteiger partial charge in [0.05, 0.1) is 19.9 Å². The number of nitrogens with one attached hydrogen (secondary N) is 1. The van der Waals surface area contributed by atoms with Crippen molar-refractivity contribution in [1.82, 2.24) is 14.5 Å². The standard InChI is InChI=1S/C17H25N3O4S/c1-12(2)20-11-17(13(3)19-20)25(21,22)18-9-8-14-6-7-15(23-4)16(10-14)24-5/h6-7,10-12,18H,8-9H2,1-5H3. The van der Waals surface area contributed by atoms with Crippen LogP contribution in [0.15, 0.2) is 29.3 Å². The summed E-state index contributed by atoms with van der Waals surface area (Å²) in [5, 5.41) is 4.25. The molecule has 0 unspecified atom stereocenters. The van der Waals surface area contributed by atoms with Crippen LogP contribution in [0.5, 0.6) is 11.5 Å². The molecule has 0 aliphatic heterocycles. The highest BCUT2D eigenvalue weighted by atomic mass is 32.2. The number of rotatable bonds is 8. The zero-order valence-electron chi connectivity index (χ0n) is 15.2. The first-order chi connectivity index (χ1) is 11.8. The van der Waals surface area contributed by atoms with E-state index in [2.05, 4.69) is 9.82 Å². The second-order valence-electron chi connectivity index (χ2n) is 5.99. The van der Waals surface area contributed by atoms with Gasteiger partial charge in [0.25, 0.3) is 0 Å². The summed E-state index contributed by atoms with van der Waals surface area (Å²) in [7, 11) is -0.448. The molecule has 0 aliphatic carbocycles. The monoisotopic (exact) mass is 367 g/mol. The Balaban J connectivity index is 2.06. The van der Waals surface area contributed by atoms with Gasteiger partial charge in [-0.1, -0.05) is 6.07 Å². The van der Waals surface area contributed by atoms with Crippen molar-refractivity contribution in [3.05, 3.63) is 35.7 Å². The summed E-state index contributed by atoms with van der Waals surface area (Å²) in [4.78, 5) is 0.216.